The maximum Gasteiger partial charge on any atom is 0.324 e. The Morgan fingerprint density at radius 3 is 2.62 bits per heavy atom. The molecule has 1 aromatic carbocycles. The number of ketones is 1. The van der Waals surface area contributed by atoms with Gasteiger partial charge < -0.3 is 4.74 Å². The minimum Gasteiger partial charge on any atom is -0.429 e. The number of aromatic nitrogens is 3. The molecule has 0 aliphatic heterocycles. The molecule has 0 saturated heterocycles. The van der Waals surface area contributed by atoms with Crippen molar-refractivity contribution in [2.24, 2.45) is 5.92 Å². The predicted molar refractivity (Wildman–Crippen MR) is 90.9 cm³/mol. The minimum absolute atomic E-state index is 0.0156. The molecule has 2 aromatic rings. The van der Waals surface area contributed by atoms with E-state index in [9.17, 15) is 4.79 Å². The van der Waals surface area contributed by atoms with Crippen molar-refractivity contribution in [3.63, 3.8) is 0 Å². The second-order valence-electron chi connectivity index (χ2n) is 5.49. The van der Waals surface area contributed by atoms with Gasteiger partial charge in [0.2, 0.25) is 0 Å². The van der Waals surface area contributed by atoms with Crippen LogP contribution in [0.1, 0.15) is 18.9 Å². The SMILES string of the molecule is CC1CC(Oc2ncncn2)=CC=C1C(=O)/C=C/c1ccccc1. The molecule has 0 amide bonds. The first kappa shape index (κ1) is 15.8. The highest BCUT2D eigenvalue weighted by atomic mass is 16.5. The summed E-state index contributed by atoms with van der Waals surface area (Å²) in [6.45, 7) is 2.00. The lowest BCUT2D eigenvalue weighted by Gasteiger charge is -2.19. The van der Waals surface area contributed by atoms with E-state index in [2.05, 4.69) is 15.0 Å². The van der Waals surface area contributed by atoms with Crippen LogP contribution in [-0.2, 0) is 4.79 Å². The molecule has 5 nitrogen and oxygen atoms in total. The molecular weight excluding hydrogens is 302 g/mol. The van der Waals surface area contributed by atoms with E-state index in [4.69, 9.17) is 4.74 Å². The predicted octanol–water partition coefficient (Wildman–Crippen LogP) is 3.38. The first-order valence-corrected chi connectivity index (χ1v) is 7.70. The van der Waals surface area contributed by atoms with Crippen LogP contribution in [0.4, 0.5) is 0 Å². The van der Waals surface area contributed by atoms with Crippen LogP contribution in [0.25, 0.3) is 6.08 Å². The van der Waals surface area contributed by atoms with Gasteiger partial charge in [-0.15, -0.1) is 0 Å². The lowest BCUT2D eigenvalue weighted by Crippen LogP contribution is -2.15. The van der Waals surface area contributed by atoms with Crippen molar-refractivity contribution in [2.45, 2.75) is 13.3 Å². The van der Waals surface area contributed by atoms with Crippen molar-refractivity contribution in [3.8, 4) is 6.01 Å². The number of benzene rings is 1. The third kappa shape index (κ3) is 4.01. The smallest absolute Gasteiger partial charge is 0.324 e. The molecule has 1 aromatic heterocycles. The topological polar surface area (TPSA) is 65.0 Å². The Balaban J connectivity index is 1.69. The highest BCUT2D eigenvalue weighted by Crippen LogP contribution is 2.26. The Kier molecular flexibility index (Phi) is 4.91. The molecule has 1 atom stereocenters. The molecule has 0 radical (unpaired) electrons. The van der Waals surface area contributed by atoms with Crippen molar-refractivity contribution in [1.29, 1.82) is 0 Å². The second kappa shape index (κ2) is 7.46. The summed E-state index contributed by atoms with van der Waals surface area (Å²) in [4.78, 5) is 24.0. The van der Waals surface area contributed by atoms with Crippen LogP contribution in [0, 0.1) is 5.92 Å². The van der Waals surface area contributed by atoms with Gasteiger partial charge in [-0.2, -0.15) is 9.97 Å². The summed E-state index contributed by atoms with van der Waals surface area (Å²) >= 11 is 0. The number of hydrogen-bond donors (Lipinski definition) is 0. The van der Waals surface area contributed by atoms with Gasteiger partial charge in [-0.05, 0) is 23.6 Å². The monoisotopic (exact) mass is 319 g/mol. The summed E-state index contributed by atoms with van der Waals surface area (Å²) in [5.41, 5.74) is 1.77. The van der Waals surface area contributed by atoms with Crippen LogP contribution in [0.3, 0.4) is 0 Å². The third-order valence-corrected chi connectivity index (χ3v) is 3.69. The molecule has 3 rings (SSSR count). The molecule has 0 N–H and O–H groups in total. The summed E-state index contributed by atoms with van der Waals surface area (Å²) in [5.74, 6) is 0.818. The van der Waals surface area contributed by atoms with Crippen molar-refractivity contribution < 1.29 is 9.53 Å². The average molecular weight is 319 g/mol. The number of rotatable bonds is 5. The molecule has 0 fully saturated rings. The van der Waals surface area contributed by atoms with E-state index < -0.39 is 0 Å². The molecule has 1 heterocycles. The lowest BCUT2D eigenvalue weighted by atomic mass is 9.89. The Morgan fingerprint density at radius 1 is 1.17 bits per heavy atom. The van der Waals surface area contributed by atoms with Gasteiger partial charge in [0.15, 0.2) is 5.78 Å². The van der Waals surface area contributed by atoms with E-state index in [1.807, 2.05) is 49.4 Å². The first-order valence-electron chi connectivity index (χ1n) is 7.70. The van der Waals surface area contributed by atoms with Crippen LogP contribution < -0.4 is 4.74 Å². The maximum absolute atomic E-state index is 12.4. The van der Waals surface area contributed by atoms with Gasteiger partial charge >= 0.3 is 6.01 Å². The molecule has 1 aliphatic rings. The summed E-state index contributed by atoms with van der Waals surface area (Å²) in [6.07, 6.45) is 10.4. The van der Waals surface area contributed by atoms with Crippen LogP contribution >= 0.6 is 0 Å². The number of carbonyl (C=O) groups excluding carboxylic acids is 1. The molecule has 1 aliphatic carbocycles. The average Bonchev–Trinajstić information content (AvgIpc) is 2.61. The van der Waals surface area contributed by atoms with E-state index in [-0.39, 0.29) is 17.7 Å². The number of hydrogen-bond acceptors (Lipinski definition) is 5. The van der Waals surface area contributed by atoms with E-state index in [1.54, 1.807) is 12.2 Å². The Morgan fingerprint density at radius 2 is 1.92 bits per heavy atom. The van der Waals surface area contributed by atoms with E-state index in [0.29, 0.717) is 6.42 Å². The molecule has 120 valence electrons. The number of nitrogens with zero attached hydrogens (tertiary/aromatic N) is 3. The quantitative estimate of drug-likeness (QED) is 0.790. The third-order valence-electron chi connectivity index (χ3n) is 3.69. The molecule has 0 bridgehead atoms. The molecule has 24 heavy (non-hydrogen) atoms. The highest BCUT2D eigenvalue weighted by Gasteiger charge is 2.20. The van der Waals surface area contributed by atoms with Crippen molar-refractivity contribution >= 4 is 11.9 Å². The zero-order chi connectivity index (χ0) is 16.8. The first-order chi connectivity index (χ1) is 11.7. The fourth-order valence-electron chi connectivity index (χ4n) is 2.46. The standard InChI is InChI=1S/C19H17N3O2/c1-14-11-16(24-19-21-12-20-13-22-19)8-9-17(14)18(23)10-7-15-5-3-2-4-6-15/h2-10,12-14H,11H2,1H3/b10-7+. The zero-order valence-electron chi connectivity index (χ0n) is 13.3. The van der Waals surface area contributed by atoms with Crippen LogP contribution in [0.2, 0.25) is 0 Å². The summed E-state index contributed by atoms with van der Waals surface area (Å²) in [6, 6.07) is 10.0. The number of allylic oxidation sites excluding steroid dienone is 5. The fourth-order valence-corrected chi connectivity index (χ4v) is 2.46. The second-order valence-corrected chi connectivity index (χ2v) is 5.49. The van der Waals surface area contributed by atoms with Crippen LogP contribution in [-0.4, -0.2) is 20.7 Å². The molecular formula is C19H17N3O2. The minimum atomic E-state index is 0.0156. The van der Waals surface area contributed by atoms with E-state index in [0.717, 1.165) is 16.9 Å². The van der Waals surface area contributed by atoms with Crippen LogP contribution in [0.15, 0.2) is 72.5 Å². The van der Waals surface area contributed by atoms with Gasteiger partial charge in [0.1, 0.15) is 18.4 Å². The lowest BCUT2D eigenvalue weighted by molar-refractivity contribution is -0.111. The van der Waals surface area contributed by atoms with Gasteiger partial charge in [0, 0.05) is 12.0 Å². The van der Waals surface area contributed by atoms with Gasteiger partial charge in [-0.1, -0.05) is 49.4 Å². The normalized spacial score (nSPS) is 17.3. The molecule has 5 heteroatoms. The van der Waals surface area contributed by atoms with Gasteiger partial charge in [0.05, 0.1) is 0 Å². The molecule has 0 spiro atoms. The van der Waals surface area contributed by atoms with Gasteiger partial charge in [-0.25, -0.2) is 4.98 Å². The Bertz CT molecular complexity index is 796. The summed E-state index contributed by atoms with van der Waals surface area (Å²) in [5, 5.41) is 0. The van der Waals surface area contributed by atoms with Gasteiger partial charge in [0.25, 0.3) is 0 Å². The summed E-state index contributed by atoms with van der Waals surface area (Å²) < 4.78 is 5.61. The summed E-state index contributed by atoms with van der Waals surface area (Å²) in [7, 11) is 0. The molecule has 1 unspecified atom stereocenters. The Hall–Kier alpha value is -3.08. The number of carbonyl (C=O) groups is 1. The number of ether oxygens (including phenoxy) is 1. The zero-order valence-corrected chi connectivity index (χ0v) is 13.3. The maximum atomic E-state index is 12.4. The molecule has 0 saturated carbocycles. The van der Waals surface area contributed by atoms with Crippen molar-refractivity contribution in [1.82, 2.24) is 15.0 Å². The van der Waals surface area contributed by atoms with Crippen molar-refractivity contribution in [2.75, 3.05) is 0 Å². The van der Waals surface area contributed by atoms with Gasteiger partial charge in [-0.3, -0.25) is 4.79 Å². The van der Waals surface area contributed by atoms with Crippen molar-refractivity contribution in [3.05, 3.63) is 78.1 Å². The fraction of sp³-hybridized carbons (Fsp3) is 0.158. The largest absolute Gasteiger partial charge is 0.429 e. The Labute approximate surface area is 140 Å². The van der Waals surface area contributed by atoms with Crippen LogP contribution in [0.5, 0.6) is 6.01 Å². The van der Waals surface area contributed by atoms with E-state index >= 15 is 0 Å². The highest BCUT2D eigenvalue weighted by molar-refractivity contribution is 6.07. The van der Waals surface area contributed by atoms with E-state index in [1.165, 1.54) is 12.7 Å².